The summed E-state index contributed by atoms with van der Waals surface area (Å²) in [6, 6.07) is 8.13. The van der Waals surface area contributed by atoms with Crippen molar-refractivity contribution < 1.29 is 4.79 Å². The second-order valence-corrected chi connectivity index (χ2v) is 5.39. The van der Waals surface area contributed by atoms with Crippen LogP contribution in [0.1, 0.15) is 19.3 Å². The van der Waals surface area contributed by atoms with E-state index in [9.17, 15) is 4.79 Å². The van der Waals surface area contributed by atoms with Crippen LogP contribution in [0.2, 0.25) is 0 Å². The molecule has 0 spiro atoms. The quantitative estimate of drug-likeness (QED) is 0.630. The third kappa shape index (κ3) is 2.86. The molecule has 0 aliphatic carbocycles. The van der Waals surface area contributed by atoms with Gasteiger partial charge in [0.15, 0.2) is 0 Å². The normalized spacial score (nSPS) is 14.6. The van der Waals surface area contributed by atoms with Crippen LogP contribution >= 0.6 is 15.9 Å². The smallest absolute Gasteiger partial charge is 0.227 e. The highest BCUT2D eigenvalue weighted by molar-refractivity contribution is 9.09. The van der Waals surface area contributed by atoms with Crippen LogP contribution in [0.3, 0.4) is 0 Å². The lowest BCUT2D eigenvalue weighted by Crippen LogP contribution is -2.42. The highest BCUT2D eigenvalue weighted by Crippen LogP contribution is 2.32. The van der Waals surface area contributed by atoms with E-state index in [0.717, 1.165) is 42.6 Å². The van der Waals surface area contributed by atoms with Crippen molar-refractivity contribution in [3.05, 3.63) is 24.3 Å². The van der Waals surface area contributed by atoms with Crippen molar-refractivity contribution in [1.29, 1.82) is 0 Å². The van der Waals surface area contributed by atoms with E-state index < -0.39 is 0 Å². The topological polar surface area (TPSA) is 23.6 Å². The van der Waals surface area contributed by atoms with Crippen LogP contribution in [-0.4, -0.2) is 31.4 Å². The highest BCUT2D eigenvalue weighted by atomic mass is 79.9. The standard InChI is InChI=1S/C14H19BrN2O/c1-16-10-11-17(14(18)8-4-5-9-15)13-7-3-2-6-12(13)16/h2-3,6-7H,4-5,8-11H2,1H3. The summed E-state index contributed by atoms with van der Waals surface area (Å²) in [5.74, 6) is 0.247. The van der Waals surface area contributed by atoms with Crippen LogP contribution in [0.25, 0.3) is 0 Å². The van der Waals surface area contributed by atoms with E-state index in [0.29, 0.717) is 6.42 Å². The molecular weight excluding hydrogens is 292 g/mol. The Kier molecular flexibility index (Phi) is 4.64. The van der Waals surface area contributed by atoms with Gasteiger partial charge in [-0.05, 0) is 25.0 Å². The Morgan fingerprint density at radius 2 is 1.94 bits per heavy atom. The maximum atomic E-state index is 12.2. The average Bonchev–Trinajstić information content (AvgIpc) is 2.39. The molecule has 4 heteroatoms. The van der Waals surface area contributed by atoms with E-state index in [1.807, 2.05) is 23.1 Å². The number of benzene rings is 1. The van der Waals surface area contributed by atoms with Crippen LogP contribution in [0, 0.1) is 0 Å². The van der Waals surface area contributed by atoms with Crippen LogP contribution in [0.15, 0.2) is 24.3 Å². The Hall–Kier alpha value is -1.03. The first-order chi connectivity index (χ1) is 8.74. The number of carbonyl (C=O) groups is 1. The molecule has 1 amide bonds. The number of rotatable bonds is 4. The lowest BCUT2D eigenvalue weighted by atomic mass is 10.1. The fourth-order valence-electron chi connectivity index (χ4n) is 2.27. The van der Waals surface area contributed by atoms with Crippen molar-refractivity contribution in [1.82, 2.24) is 0 Å². The molecule has 0 bridgehead atoms. The molecule has 0 radical (unpaired) electrons. The number of likely N-dealkylation sites (N-methyl/N-ethyl adjacent to an activating group) is 1. The fraction of sp³-hybridized carbons (Fsp3) is 0.500. The number of anilines is 2. The number of amides is 1. The first kappa shape index (κ1) is 13.4. The van der Waals surface area contributed by atoms with Crippen molar-refractivity contribution in [2.45, 2.75) is 19.3 Å². The first-order valence-corrected chi connectivity index (χ1v) is 7.52. The largest absolute Gasteiger partial charge is 0.371 e. The third-order valence-electron chi connectivity index (χ3n) is 3.32. The summed E-state index contributed by atoms with van der Waals surface area (Å²) in [6.45, 7) is 1.70. The lowest BCUT2D eigenvalue weighted by molar-refractivity contribution is -0.118. The van der Waals surface area contributed by atoms with E-state index in [2.05, 4.69) is 33.9 Å². The Balaban J connectivity index is 2.11. The average molecular weight is 311 g/mol. The van der Waals surface area contributed by atoms with Gasteiger partial charge in [0.2, 0.25) is 5.91 Å². The molecule has 98 valence electrons. The zero-order valence-electron chi connectivity index (χ0n) is 10.7. The van der Waals surface area contributed by atoms with E-state index in [1.54, 1.807) is 0 Å². The van der Waals surface area contributed by atoms with Gasteiger partial charge in [-0.25, -0.2) is 0 Å². The van der Waals surface area contributed by atoms with Gasteiger partial charge in [-0.1, -0.05) is 28.1 Å². The van der Waals surface area contributed by atoms with Crippen LogP contribution in [0.5, 0.6) is 0 Å². The monoisotopic (exact) mass is 310 g/mol. The van der Waals surface area contributed by atoms with Crippen LogP contribution < -0.4 is 9.80 Å². The summed E-state index contributed by atoms with van der Waals surface area (Å²) in [5, 5.41) is 0.972. The number of fused-ring (bicyclic) bond motifs is 1. The van der Waals surface area contributed by atoms with E-state index in [-0.39, 0.29) is 5.91 Å². The number of alkyl halides is 1. The highest BCUT2D eigenvalue weighted by Gasteiger charge is 2.23. The summed E-state index contributed by atoms with van der Waals surface area (Å²) in [4.78, 5) is 16.4. The fourth-order valence-corrected chi connectivity index (χ4v) is 2.67. The molecule has 2 rings (SSSR count). The molecule has 18 heavy (non-hydrogen) atoms. The molecule has 1 aliphatic heterocycles. The van der Waals surface area contributed by atoms with Gasteiger partial charge in [-0.2, -0.15) is 0 Å². The number of carbonyl (C=O) groups excluding carboxylic acids is 1. The molecule has 1 aliphatic rings. The van der Waals surface area contributed by atoms with Crippen molar-refractivity contribution in [3.63, 3.8) is 0 Å². The summed E-state index contributed by atoms with van der Waals surface area (Å²) >= 11 is 3.40. The maximum absolute atomic E-state index is 12.2. The number of halogens is 1. The second-order valence-electron chi connectivity index (χ2n) is 4.60. The molecular formula is C14H19BrN2O. The Morgan fingerprint density at radius 1 is 1.22 bits per heavy atom. The van der Waals surface area contributed by atoms with Crippen LogP contribution in [-0.2, 0) is 4.79 Å². The number of hydrogen-bond acceptors (Lipinski definition) is 2. The number of unbranched alkanes of at least 4 members (excludes halogenated alkanes) is 1. The Labute approximate surface area is 117 Å². The predicted octanol–water partition coefficient (Wildman–Crippen LogP) is 3.03. The Bertz CT molecular complexity index is 422. The van der Waals surface area contributed by atoms with Gasteiger partial charge in [0.1, 0.15) is 0 Å². The minimum Gasteiger partial charge on any atom is -0.371 e. The second kappa shape index (κ2) is 6.23. The minimum atomic E-state index is 0.247. The molecule has 0 saturated carbocycles. The number of nitrogens with zero attached hydrogens (tertiary/aromatic N) is 2. The van der Waals surface area contributed by atoms with Gasteiger partial charge in [-0.15, -0.1) is 0 Å². The molecule has 0 aromatic heterocycles. The molecule has 0 unspecified atom stereocenters. The van der Waals surface area contributed by atoms with Crippen molar-refractivity contribution >= 4 is 33.2 Å². The van der Waals surface area contributed by atoms with Crippen molar-refractivity contribution in [2.24, 2.45) is 0 Å². The Morgan fingerprint density at radius 3 is 2.67 bits per heavy atom. The molecule has 0 fully saturated rings. The molecule has 0 saturated heterocycles. The predicted molar refractivity (Wildman–Crippen MR) is 79.7 cm³/mol. The maximum Gasteiger partial charge on any atom is 0.227 e. The van der Waals surface area contributed by atoms with E-state index in [4.69, 9.17) is 0 Å². The van der Waals surface area contributed by atoms with Gasteiger partial charge in [-0.3, -0.25) is 4.79 Å². The van der Waals surface area contributed by atoms with Gasteiger partial charge < -0.3 is 9.80 Å². The zero-order chi connectivity index (χ0) is 13.0. The van der Waals surface area contributed by atoms with Gasteiger partial charge >= 0.3 is 0 Å². The number of para-hydroxylation sites is 2. The van der Waals surface area contributed by atoms with Gasteiger partial charge in [0.25, 0.3) is 0 Å². The summed E-state index contributed by atoms with van der Waals surface area (Å²) < 4.78 is 0. The third-order valence-corrected chi connectivity index (χ3v) is 3.88. The zero-order valence-corrected chi connectivity index (χ0v) is 12.3. The molecule has 1 heterocycles. The number of hydrogen-bond donors (Lipinski definition) is 0. The molecule has 1 aromatic carbocycles. The minimum absolute atomic E-state index is 0.247. The molecule has 0 N–H and O–H groups in total. The lowest BCUT2D eigenvalue weighted by Gasteiger charge is -2.35. The van der Waals surface area contributed by atoms with Gasteiger partial charge in [0, 0.05) is 31.9 Å². The van der Waals surface area contributed by atoms with Crippen LogP contribution in [0.4, 0.5) is 11.4 Å². The summed E-state index contributed by atoms with van der Waals surface area (Å²) in [6.07, 6.45) is 2.66. The van der Waals surface area contributed by atoms with E-state index >= 15 is 0 Å². The first-order valence-electron chi connectivity index (χ1n) is 6.40. The molecule has 1 aromatic rings. The van der Waals surface area contributed by atoms with Crippen molar-refractivity contribution in [3.8, 4) is 0 Å². The molecule has 0 atom stereocenters. The SMILES string of the molecule is CN1CCN(C(=O)CCCCBr)c2ccccc21. The van der Waals surface area contributed by atoms with Crippen molar-refractivity contribution in [2.75, 3.05) is 35.3 Å². The van der Waals surface area contributed by atoms with E-state index in [1.165, 1.54) is 0 Å². The molecule has 3 nitrogen and oxygen atoms in total. The summed E-state index contributed by atoms with van der Waals surface area (Å²) in [7, 11) is 2.07. The summed E-state index contributed by atoms with van der Waals surface area (Å²) in [5.41, 5.74) is 2.20. The van der Waals surface area contributed by atoms with Gasteiger partial charge in [0.05, 0.1) is 11.4 Å².